The third-order valence-corrected chi connectivity index (χ3v) is 3.40. The number of pyridine rings is 1. The van der Waals surface area contributed by atoms with Gasteiger partial charge in [-0.25, -0.2) is 9.97 Å². The van der Waals surface area contributed by atoms with Crippen molar-refractivity contribution in [3.8, 4) is 0 Å². The van der Waals surface area contributed by atoms with E-state index in [1.54, 1.807) is 6.20 Å². The average molecular weight is 289 g/mol. The second-order valence-electron chi connectivity index (χ2n) is 4.31. The molecule has 2 heterocycles. The molecular weight excluding hydrogens is 270 g/mol. The molecule has 6 heteroatoms. The van der Waals surface area contributed by atoms with Crippen LogP contribution in [0.5, 0.6) is 0 Å². The van der Waals surface area contributed by atoms with E-state index < -0.39 is 0 Å². The van der Waals surface area contributed by atoms with E-state index in [1.165, 1.54) is 22.9 Å². The first-order valence-corrected chi connectivity index (χ1v) is 7.75. The lowest BCUT2D eigenvalue weighted by atomic mass is 10.1. The van der Waals surface area contributed by atoms with Crippen LogP contribution in [0.3, 0.4) is 0 Å². The summed E-state index contributed by atoms with van der Waals surface area (Å²) in [5, 5.41) is 7.30. The quantitative estimate of drug-likeness (QED) is 0.630. The van der Waals surface area contributed by atoms with Crippen LogP contribution in [0.25, 0.3) is 0 Å². The Morgan fingerprint density at radius 3 is 2.60 bits per heavy atom. The van der Waals surface area contributed by atoms with E-state index >= 15 is 0 Å². The third-order valence-electron chi connectivity index (χ3n) is 2.85. The smallest absolute Gasteiger partial charge is 0.191 e. The van der Waals surface area contributed by atoms with Crippen LogP contribution >= 0.6 is 11.8 Å². The fraction of sp³-hybridized carbons (Fsp3) is 0.357. The molecule has 106 valence electrons. The SMILES string of the molecule is CCNc1cc(NCc2cnccc2C)nc(SC)n1. The van der Waals surface area contributed by atoms with Gasteiger partial charge in [-0.3, -0.25) is 4.98 Å². The predicted molar refractivity (Wildman–Crippen MR) is 84.3 cm³/mol. The fourth-order valence-electron chi connectivity index (χ4n) is 1.75. The number of hydrogen-bond acceptors (Lipinski definition) is 6. The lowest BCUT2D eigenvalue weighted by molar-refractivity contribution is 0.946. The molecule has 0 spiro atoms. The van der Waals surface area contributed by atoms with Crippen molar-refractivity contribution >= 4 is 23.4 Å². The Labute approximate surface area is 123 Å². The molecule has 0 saturated carbocycles. The predicted octanol–water partition coefficient (Wildman–Crippen LogP) is 2.95. The highest BCUT2D eigenvalue weighted by Gasteiger charge is 2.04. The highest BCUT2D eigenvalue weighted by molar-refractivity contribution is 7.98. The first-order valence-electron chi connectivity index (χ1n) is 6.53. The van der Waals surface area contributed by atoms with Gasteiger partial charge < -0.3 is 10.6 Å². The minimum atomic E-state index is 0.704. The minimum absolute atomic E-state index is 0.704. The van der Waals surface area contributed by atoms with Crippen LogP contribution in [0.4, 0.5) is 11.6 Å². The summed E-state index contributed by atoms with van der Waals surface area (Å²) in [5.41, 5.74) is 2.39. The van der Waals surface area contributed by atoms with Crippen molar-refractivity contribution in [3.63, 3.8) is 0 Å². The molecule has 5 nitrogen and oxygen atoms in total. The lowest BCUT2D eigenvalue weighted by Crippen LogP contribution is -2.07. The minimum Gasteiger partial charge on any atom is -0.370 e. The molecule has 0 fully saturated rings. The van der Waals surface area contributed by atoms with Crippen molar-refractivity contribution in [1.29, 1.82) is 0 Å². The summed E-state index contributed by atoms with van der Waals surface area (Å²) in [4.78, 5) is 13.0. The van der Waals surface area contributed by atoms with Crippen LogP contribution in [0.2, 0.25) is 0 Å². The Morgan fingerprint density at radius 2 is 1.95 bits per heavy atom. The molecule has 2 N–H and O–H groups in total. The Kier molecular flexibility index (Phi) is 5.17. The van der Waals surface area contributed by atoms with Gasteiger partial charge >= 0.3 is 0 Å². The summed E-state index contributed by atoms with van der Waals surface area (Å²) in [7, 11) is 0. The topological polar surface area (TPSA) is 62.7 Å². The number of aryl methyl sites for hydroxylation is 1. The normalized spacial score (nSPS) is 10.3. The summed E-state index contributed by atoms with van der Waals surface area (Å²) in [5.74, 6) is 1.67. The Hall–Kier alpha value is -1.82. The summed E-state index contributed by atoms with van der Waals surface area (Å²) < 4.78 is 0. The number of rotatable bonds is 6. The van der Waals surface area contributed by atoms with Crippen molar-refractivity contribution in [3.05, 3.63) is 35.7 Å². The highest BCUT2D eigenvalue weighted by Crippen LogP contribution is 2.18. The molecular formula is C14H19N5S. The number of nitrogens with one attached hydrogen (secondary N) is 2. The second kappa shape index (κ2) is 7.09. The molecule has 0 bridgehead atoms. The second-order valence-corrected chi connectivity index (χ2v) is 5.08. The van der Waals surface area contributed by atoms with Gasteiger partial charge in [-0.15, -0.1) is 0 Å². The molecule has 2 rings (SSSR count). The van der Waals surface area contributed by atoms with Gasteiger partial charge in [0.25, 0.3) is 0 Å². The maximum absolute atomic E-state index is 4.46. The van der Waals surface area contributed by atoms with E-state index in [1.807, 2.05) is 31.5 Å². The molecule has 0 unspecified atom stereocenters. The van der Waals surface area contributed by atoms with Gasteiger partial charge in [0.15, 0.2) is 5.16 Å². The van der Waals surface area contributed by atoms with Gasteiger partial charge in [-0.05, 0) is 37.3 Å². The zero-order chi connectivity index (χ0) is 14.4. The first kappa shape index (κ1) is 14.6. The van der Waals surface area contributed by atoms with Gasteiger partial charge in [-0.2, -0.15) is 0 Å². The molecule has 2 aromatic rings. The van der Waals surface area contributed by atoms with Crippen molar-refractivity contribution in [2.75, 3.05) is 23.4 Å². The van der Waals surface area contributed by atoms with E-state index in [2.05, 4.69) is 32.5 Å². The third kappa shape index (κ3) is 3.84. The molecule has 2 aromatic heterocycles. The maximum atomic E-state index is 4.46. The fourth-order valence-corrected chi connectivity index (χ4v) is 2.13. The van der Waals surface area contributed by atoms with E-state index in [0.29, 0.717) is 6.54 Å². The standard InChI is InChI=1S/C14H19N5S/c1-4-16-12-7-13(19-14(18-12)20-3)17-9-11-8-15-6-5-10(11)2/h5-8H,4,9H2,1-3H3,(H2,16,17,18,19). The van der Waals surface area contributed by atoms with Gasteiger partial charge in [0.05, 0.1) is 0 Å². The van der Waals surface area contributed by atoms with Gasteiger partial charge in [0.1, 0.15) is 11.6 Å². The largest absolute Gasteiger partial charge is 0.370 e. The molecule has 0 aromatic carbocycles. The number of hydrogen-bond donors (Lipinski definition) is 2. The maximum Gasteiger partial charge on any atom is 0.191 e. The molecule has 0 saturated heterocycles. The number of anilines is 2. The molecule has 0 atom stereocenters. The molecule has 0 aliphatic carbocycles. The number of nitrogens with zero attached hydrogens (tertiary/aromatic N) is 3. The molecule has 0 aliphatic heterocycles. The Morgan fingerprint density at radius 1 is 1.20 bits per heavy atom. The van der Waals surface area contributed by atoms with Crippen LogP contribution in [0.15, 0.2) is 29.7 Å². The van der Waals surface area contributed by atoms with E-state index in [9.17, 15) is 0 Å². The van der Waals surface area contributed by atoms with E-state index in [4.69, 9.17) is 0 Å². The summed E-state index contributed by atoms with van der Waals surface area (Å²) in [6.45, 7) is 5.67. The summed E-state index contributed by atoms with van der Waals surface area (Å²) >= 11 is 1.53. The van der Waals surface area contributed by atoms with Crippen molar-refractivity contribution in [2.24, 2.45) is 0 Å². The number of aromatic nitrogens is 3. The highest BCUT2D eigenvalue weighted by atomic mass is 32.2. The van der Waals surface area contributed by atoms with Crippen molar-refractivity contribution in [2.45, 2.75) is 25.5 Å². The zero-order valence-electron chi connectivity index (χ0n) is 12.0. The van der Waals surface area contributed by atoms with Crippen LogP contribution in [0.1, 0.15) is 18.1 Å². The molecule has 0 amide bonds. The van der Waals surface area contributed by atoms with Crippen LogP contribution in [-0.4, -0.2) is 27.8 Å². The lowest BCUT2D eigenvalue weighted by Gasteiger charge is -2.10. The summed E-state index contributed by atoms with van der Waals surface area (Å²) in [6.07, 6.45) is 5.66. The summed E-state index contributed by atoms with van der Waals surface area (Å²) in [6, 6.07) is 3.93. The average Bonchev–Trinajstić information content (AvgIpc) is 2.46. The Bertz CT molecular complexity index is 573. The van der Waals surface area contributed by atoms with Crippen LogP contribution in [0, 0.1) is 6.92 Å². The molecule has 20 heavy (non-hydrogen) atoms. The number of thioether (sulfide) groups is 1. The van der Waals surface area contributed by atoms with Crippen molar-refractivity contribution < 1.29 is 0 Å². The van der Waals surface area contributed by atoms with Gasteiger partial charge in [0, 0.05) is 31.5 Å². The molecule has 0 radical (unpaired) electrons. The van der Waals surface area contributed by atoms with Gasteiger partial charge in [0.2, 0.25) is 0 Å². The van der Waals surface area contributed by atoms with E-state index in [0.717, 1.165) is 23.3 Å². The zero-order valence-corrected chi connectivity index (χ0v) is 12.8. The first-order chi connectivity index (χ1) is 9.72. The van der Waals surface area contributed by atoms with Crippen LogP contribution < -0.4 is 10.6 Å². The Balaban J connectivity index is 2.12. The molecule has 0 aliphatic rings. The van der Waals surface area contributed by atoms with Crippen molar-refractivity contribution in [1.82, 2.24) is 15.0 Å². The van der Waals surface area contributed by atoms with E-state index in [-0.39, 0.29) is 0 Å². The van der Waals surface area contributed by atoms with Crippen LogP contribution in [-0.2, 0) is 6.54 Å². The monoisotopic (exact) mass is 289 g/mol. The van der Waals surface area contributed by atoms with Gasteiger partial charge in [-0.1, -0.05) is 11.8 Å².